The lowest BCUT2D eigenvalue weighted by atomic mass is 10.2. The molecule has 0 saturated carbocycles. The zero-order chi connectivity index (χ0) is 18.9. The van der Waals surface area contributed by atoms with Gasteiger partial charge in [-0.3, -0.25) is 0 Å². The number of rotatable bonds is 3. The van der Waals surface area contributed by atoms with Gasteiger partial charge in [-0.1, -0.05) is 39.3 Å². The molecule has 1 unspecified atom stereocenters. The summed E-state index contributed by atoms with van der Waals surface area (Å²) in [4.78, 5) is -0.364. The van der Waals surface area contributed by atoms with Crippen molar-refractivity contribution in [3.05, 3.63) is 52.6 Å². The monoisotopic (exact) mass is 377 g/mol. The van der Waals surface area contributed by atoms with Crippen LogP contribution in [0, 0.1) is 18.6 Å². The molecule has 0 aliphatic heterocycles. The normalized spacial score (nSPS) is 10.7. The number of halogens is 3. The number of phenolic OH excluding ortho intramolecular Hbond substituents is 1. The molecule has 134 valence electrons. The van der Waals surface area contributed by atoms with E-state index in [0.717, 1.165) is 6.07 Å². The largest absolute Gasteiger partial charge is 0.504 e. The molecule has 0 aliphatic carbocycles. The van der Waals surface area contributed by atoms with Gasteiger partial charge < -0.3 is 9.83 Å². The number of phenols is 1. The Bertz CT molecular complexity index is 697. The highest BCUT2D eigenvalue weighted by Gasteiger charge is 2.16. The van der Waals surface area contributed by atoms with Gasteiger partial charge in [0.05, 0.1) is 0 Å². The van der Waals surface area contributed by atoms with Crippen molar-refractivity contribution in [1.29, 1.82) is 0 Å². The second-order valence-electron chi connectivity index (χ2n) is 4.06. The van der Waals surface area contributed by atoms with Crippen molar-refractivity contribution in [2.45, 2.75) is 39.5 Å². The summed E-state index contributed by atoms with van der Waals surface area (Å²) in [6, 6.07) is 6.14. The third-order valence-electron chi connectivity index (χ3n) is 2.58. The number of aromatic hydroxyl groups is 1. The van der Waals surface area contributed by atoms with E-state index in [1.54, 1.807) is 25.1 Å². The molecule has 0 radical (unpaired) electrons. The van der Waals surface area contributed by atoms with Crippen molar-refractivity contribution >= 4 is 28.3 Å². The molecule has 0 heterocycles. The number of hydrogen-bond donors (Lipinski definition) is 2. The maximum absolute atomic E-state index is 13.2. The van der Waals surface area contributed by atoms with Crippen molar-refractivity contribution in [2.24, 2.45) is 0 Å². The molecular formula is C17H22ClF2NO2S. The zero-order valence-electron chi connectivity index (χ0n) is 14.3. The van der Waals surface area contributed by atoms with Crippen LogP contribution >= 0.6 is 11.6 Å². The molecule has 1 atom stereocenters. The van der Waals surface area contributed by atoms with Crippen molar-refractivity contribution in [3.63, 3.8) is 0 Å². The Labute approximate surface area is 149 Å². The molecule has 0 saturated heterocycles. The SMILES string of the molecule is CC.CC.Cc1cc(Cl)ccc1NS(=O)c1cc(F)cc(F)c1O. The van der Waals surface area contributed by atoms with Crippen molar-refractivity contribution in [3.8, 4) is 5.75 Å². The number of aryl methyl sites for hydroxylation is 1. The molecule has 0 amide bonds. The predicted molar refractivity (Wildman–Crippen MR) is 96.9 cm³/mol. The fourth-order valence-corrected chi connectivity index (χ4v) is 2.84. The van der Waals surface area contributed by atoms with Gasteiger partial charge in [0.15, 0.2) is 22.6 Å². The van der Waals surface area contributed by atoms with E-state index in [0.29, 0.717) is 22.3 Å². The summed E-state index contributed by atoms with van der Waals surface area (Å²) in [5.41, 5.74) is 1.19. The average molecular weight is 378 g/mol. The quantitative estimate of drug-likeness (QED) is 0.708. The van der Waals surface area contributed by atoms with Gasteiger partial charge in [-0.2, -0.15) is 0 Å². The van der Waals surface area contributed by atoms with E-state index in [1.807, 2.05) is 27.7 Å². The van der Waals surface area contributed by atoms with E-state index >= 15 is 0 Å². The molecule has 0 fully saturated rings. The van der Waals surface area contributed by atoms with Crippen molar-refractivity contribution in [2.75, 3.05) is 4.72 Å². The summed E-state index contributed by atoms with van der Waals surface area (Å²) in [6.45, 7) is 9.73. The van der Waals surface area contributed by atoms with Gasteiger partial charge in [-0.25, -0.2) is 13.0 Å². The van der Waals surface area contributed by atoms with E-state index in [2.05, 4.69) is 4.72 Å². The Balaban J connectivity index is 0.00000123. The molecule has 2 rings (SSSR count). The molecule has 2 aromatic carbocycles. The van der Waals surface area contributed by atoms with Crippen LogP contribution in [0.2, 0.25) is 5.02 Å². The lowest BCUT2D eigenvalue weighted by molar-refractivity contribution is 0.413. The Morgan fingerprint density at radius 1 is 1.08 bits per heavy atom. The summed E-state index contributed by atoms with van der Waals surface area (Å²) >= 11 is 5.79. The highest BCUT2D eigenvalue weighted by atomic mass is 35.5. The fraction of sp³-hybridized carbons (Fsp3) is 0.294. The van der Waals surface area contributed by atoms with E-state index in [1.165, 1.54) is 0 Å². The smallest absolute Gasteiger partial charge is 0.169 e. The molecule has 0 aliphatic rings. The molecule has 0 bridgehead atoms. The van der Waals surface area contributed by atoms with E-state index in [4.69, 9.17) is 11.6 Å². The third-order valence-corrected chi connectivity index (χ3v) is 3.94. The summed E-state index contributed by atoms with van der Waals surface area (Å²) in [5, 5.41) is 10.0. The minimum Gasteiger partial charge on any atom is -0.504 e. The van der Waals surface area contributed by atoms with Gasteiger partial charge in [-0.15, -0.1) is 0 Å². The highest BCUT2D eigenvalue weighted by molar-refractivity contribution is 7.86. The van der Waals surface area contributed by atoms with Crippen LogP contribution in [0.4, 0.5) is 14.5 Å². The van der Waals surface area contributed by atoms with Crippen LogP contribution in [0.15, 0.2) is 35.2 Å². The molecule has 3 nitrogen and oxygen atoms in total. The van der Waals surface area contributed by atoms with Gasteiger partial charge in [0.1, 0.15) is 10.7 Å². The van der Waals surface area contributed by atoms with Gasteiger partial charge >= 0.3 is 0 Å². The van der Waals surface area contributed by atoms with Gasteiger partial charge in [0.2, 0.25) is 0 Å². The summed E-state index contributed by atoms with van der Waals surface area (Å²) < 4.78 is 40.9. The maximum Gasteiger partial charge on any atom is 0.169 e. The molecule has 0 spiro atoms. The van der Waals surface area contributed by atoms with Crippen LogP contribution in [-0.4, -0.2) is 9.32 Å². The number of benzene rings is 2. The first-order valence-corrected chi connectivity index (χ1v) is 9.04. The topological polar surface area (TPSA) is 49.3 Å². The van der Waals surface area contributed by atoms with Crippen LogP contribution in [0.25, 0.3) is 0 Å². The number of nitrogens with one attached hydrogen (secondary N) is 1. The molecule has 0 aromatic heterocycles. The Morgan fingerprint density at radius 2 is 1.67 bits per heavy atom. The minimum absolute atomic E-state index is 0.364. The van der Waals surface area contributed by atoms with Crippen LogP contribution in [0.5, 0.6) is 5.75 Å². The lowest BCUT2D eigenvalue weighted by Crippen LogP contribution is -2.07. The number of anilines is 1. The number of hydrogen-bond acceptors (Lipinski definition) is 2. The van der Waals surface area contributed by atoms with E-state index in [9.17, 15) is 18.1 Å². The first-order chi connectivity index (χ1) is 11.4. The van der Waals surface area contributed by atoms with E-state index in [-0.39, 0.29) is 4.90 Å². The van der Waals surface area contributed by atoms with Crippen molar-refractivity contribution in [1.82, 2.24) is 0 Å². The average Bonchev–Trinajstić information content (AvgIpc) is 2.57. The van der Waals surface area contributed by atoms with Gasteiger partial charge in [0.25, 0.3) is 0 Å². The Morgan fingerprint density at radius 3 is 2.21 bits per heavy atom. The molecule has 2 N–H and O–H groups in total. The van der Waals surface area contributed by atoms with Crippen LogP contribution < -0.4 is 4.72 Å². The lowest BCUT2D eigenvalue weighted by Gasteiger charge is -2.10. The minimum atomic E-state index is -2.01. The van der Waals surface area contributed by atoms with Gasteiger partial charge in [0, 0.05) is 16.8 Å². The Kier molecular flexibility index (Phi) is 10.2. The highest BCUT2D eigenvalue weighted by Crippen LogP contribution is 2.28. The molecule has 7 heteroatoms. The van der Waals surface area contributed by atoms with Gasteiger partial charge in [-0.05, 0) is 36.8 Å². The van der Waals surface area contributed by atoms with Crippen molar-refractivity contribution < 1.29 is 18.1 Å². The zero-order valence-corrected chi connectivity index (χ0v) is 15.9. The molecule has 2 aromatic rings. The first kappa shape index (κ1) is 22.3. The second-order valence-corrected chi connectivity index (χ2v) is 5.68. The maximum atomic E-state index is 13.2. The van der Waals surface area contributed by atoms with Crippen LogP contribution in [0.3, 0.4) is 0 Å². The summed E-state index contributed by atoms with van der Waals surface area (Å²) in [7, 11) is -2.01. The second kappa shape index (κ2) is 11.0. The van der Waals surface area contributed by atoms with Crippen LogP contribution in [-0.2, 0) is 11.0 Å². The fourth-order valence-electron chi connectivity index (χ4n) is 1.58. The van der Waals surface area contributed by atoms with E-state index < -0.39 is 28.4 Å². The predicted octanol–water partition coefficient (Wildman–Crippen LogP) is 5.82. The standard InChI is InChI=1S/C13H10ClF2NO2S.2C2H6/c1-7-4-8(14)2-3-11(7)17-20(19)12-6-9(15)5-10(16)13(12)18;2*1-2/h2-6,17-18H,1H3;2*1-2H3. The Hall–Kier alpha value is -1.66. The van der Waals surface area contributed by atoms with Crippen LogP contribution in [0.1, 0.15) is 33.3 Å². The summed E-state index contributed by atoms with van der Waals surface area (Å²) in [6.07, 6.45) is 0. The molecule has 24 heavy (non-hydrogen) atoms. The molecular weight excluding hydrogens is 356 g/mol. The third kappa shape index (κ3) is 6.09. The first-order valence-electron chi connectivity index (χ1n) is 7.51. The summed E-state index contributed by atoms with van der Waals surface area (Å²) in [5.74, 6) is -2.93.